The molecule has 4 nitrogen and oxygen atoms in total. The van der Waals surface area contributed by atoms with Crippen molar-refractivity contribution in [1.29, 1.82) is 0 Å². The fourth-order valence-electron chi connectivity index (χ4n) is 6.50. The smallest absolute Gasteiger partial charge is 0.456 e. The average molecular weight is 684 g/mol. The Morgan fingerprint density at radius 3 is 1.48 bits per heavy atom. The number of para-hydroxylation sites is 2. The molecule has 0 atom stereocenters. The lowest BCUT2D eigenvalue weighted by molar-refractivity contribution is 0.00578. The third kappa shape index (κ3) is 6.09. The summed E-state index contributed by atoms with van der Waals surface area (Å²) in [5.41, 5.74) is 8.22. The fourth-order valence-corrected chi connectivity index (χ4v) is 6.71. The van der Waals surface area contributed by atoms with E-state index >= 15 is 0 Å². The van der Waals surface area contributed by atoms with Crippen LogP contribution in [0.5, 0.6) is 0 Å². The van der Waals surface area contributed by atoms with Crippen molar-refractivity contribution < 1.29 is 23.9 Å². The van der Waals surface area contributed by atoms with E-state index in [4.69, 9.17) is 31.1 Å². The second kappa shape index (κ2) is 13.4. The number of fused-ring (bicyclic) bond motifs is 6. The minimum absolute atomic E-state index is 0.382. The lowest BCUT2D eigenvalue weighted by Crippen LogP contribution is -2.41. The van der Waals surface area contributed by atoms with Crippen LogP contribution in [0.4, 0.5) is 4.39 Å². The molecule has 1 aliphatic heterocycles. The first-order valence-corrected chi connectivity index (χ1v) is 16.9. The average Bonchev–Trinajstić information content (AvgIpc) is 3.76. The van der Waals surface area contributed by atoms with E-state index in [0.717, 1.165) is 71.6 Å². The van der Waals surface area contributed by atoms with Gasteiger partial charge in [-0.2, -0.15) is 0 Å². The fraction of sp³-hybridized carbons (Fsp3) is 0.163. The SMILES string of the molecule is CC1(C)OB(c2cc(-c3ccccc3)c3c(c2)oc2ccccc23)OC1(C)C.Clc1cc(-c2ccccc2)c2c(c1)oc1ccccc12.[2H]CF. The van der Waals surface area contributed by atoms with Crippen LogP contribution in [0.25, 0.3) is 66.1 Å². The van der Waals surface area contributed by atoms with Gasteiger partial charge < -0.3 is 18.1 Å². The summed E-state index contributed by atoms with van der Waals surface area (Å²) >= 11 is 6.24. The highest BCUT2D eigenvalue weighted by atomic mass is 35.5. The van der Waals surface area contributed by atoms with Gasteiger partial charge in [0.25, 0.3) is 0 Å². The Balaban J connectivity index is 0.000000155. The predicted octanol–water partition coefficient (Wildman–Crippen LogP) is 12.0. The standard InChI is InChI=1S/C24H23BO3.C18H11ClO.CH3F/c1-23(2)24(3,4)28-25(27-23)17-14-19(16-10-6-5-7-11-16)22-18-12-8-9-13-20(18)26-21(22)15-17;19-13-10-15(12-6-2-1-3-7-12)18-14-8-4-5-9-16(14)20-17(18)11-13;1-2/h5-15H,1-4H3;1-11H;1H3/i;;1D. The van der Waals surface area contributed by atoms with Gasteiger partial charge in [-0.15, -0.1) is 0 Å². The first-order valence-electron chi connectivity index (χ1n) is 17.2. The summed E-state index contributed by atoms with van der Waals surface area (Å²) in [6.07, 6.45) is 0. The van der Waals surface area contributed by atoms with E-state index in [9.17, 15) is 4.39 Å². The van der Waals surface area contributed by atoms with Crippen LogP contribution < -0.4 is 5.46 Å². The first kappa shape index (κ1) is 32.3. The molecule has 0 aliphatic carbocycles. The zero-order valence-electron chi connectivity index (χ0n) is 29.4. The van der Waals surface area contributed by atoms with Gasteiger partial charge in [-0.25, -0.2) is 0 Å². The molecule has 1 fully saturated rings. The molecule has 0 N–H and O–H groups in total. The molecule has 0 saturated carbocycles. The lowest BCUT2D eigenvalue weighted by Gasteiger charge is -2.32. The van der Waals surface area contributed by atoms with Crippen LogP contribution in [0.2, 0.25) is 5.02 Å². The quantitative estimate of drug-likeness (QED) is 0.174. The molecule has 0 radical (unpaired) electrons. The van der Waals surface area contributed by atoms with Crippen LogP contribution in [0.3, 0.4) is 0 Å². The first-order chi connectivity index (χ1) is 24.6. The van der Waals surface area contributed by atoms with Crippen LogP contribution in [0.15, 0.2) is 142 Å². The topological polar surface area (TPSA) is 44.7 Å². The van der Waals surface area contributed by atoms with Gasteiger partial charge in [-0.3, -0.25) is 4.39 Å². The Labute approximate surface area is 297 Å². The normalized spacial score (nSPS) is 15.1. The summed E-state index contributed by atoms with van der Waals surface area (Å²) in [7, 11) is -1.43. The van der Waals surface area contributed by atoms with E-state index in [1.165, 1.54) is 0 Å². The van der Waals surface area contributed by atoms with Gasteiger partial charge in [0, 0.05) is 32.6 Å². The Hall–Kier alpha value is -4.88. The third-order valence-corrected chi connectivity index (χ3v) is 9.86. The Bertz CT molecular complexity index is 2440. The molecule has 0 unspecified atom stereocenters. The van der Waals surface area contributed by atoms with E-state index in [0.29, 0.717) is 5.02 Å². The van der Waals surface area contributed by atoms with Crippen molar-refractivity contribution in [3.63, 3.8) is 0 Å². The van der Waals surface area contributed by atoms with Crippen LogP contribution in [-0.2, 0) is 9.31 Å². The van der Waals surface area contributed by atoms with E-state index < -0.39 is 14.3 Å². The summed E-state index contributed by atoms with van der Waals surface area (Å²) in [5, 5.41) is 5.18. The summed E-state index contributed by atoms with van der Waals surface area (Å²) in [6.45, 7) is 8.30. The van der Waals surface area contributed by atoms with Gasteiger partial charge in [-0.1, -0.05) is 115 Å². The number of hydrogen-bond acceptors (Lipinski definition) is 4. The maximum absolute atomic E-state index is 9.96. The highest BCUT2D eigenvalue weighted by Gasteiger charge is 2.52. The number of furan rings is 2. The lowest BCUT2D eigenvalue weighted by atomic mass is 9.77. The van der Waals surface area contributed by atoms with Gasteiger partial charge in [-0.05, 0) is 79.7 Å². The van der Waals surface area contributed by atoms with Gasteiger partial charge in [0.05, 0.1) is 19.7 Å². The molecule has 250 valence electrons. The van der Waals surface area contributed by atoms with Crippen molar-refractivity contribution >= 4 is 68.1 Å². The van der Waals surface area contributed by atoms with Crippen molar-refractivity contribution in [3.8, 4) is 22.3 Å². The van der Waals surface area contributed by atoms with Crippen molar-refractivity contribution in [2.24, 2.45) is 0 Å². The highest BCUT2D eigenvalue weighted by molar-refractivity contribution is 6.62. The van der Waals surface area contributed by atoms with Gasteiger partial charge in [0.2, 0.25) is 0 Å². The minimum atomic E-state index is -1.00. The molecule has 7 heteroatoms. The van der Waals surface area contributed by atoms with Crippen LogP contribution >= 0.6 is 11.6 Å². The van der Waals surface area contributed by atoms with Crippen LogP contribution in [0, 0.1) is 0 Å². The third-order valence-electron chi connectivity index (χ3n) is 9.64. The van der Waals surface area contributed by atoms with Crippen LogP contribution in [0.1, 0.15) is 29.1 Å². The van der Waals surface area contributed by atoms with Crippen molar-refractivity contribution in [2.75, 3.05) is 7.15 Å². The molecule has 8 aromatic rings. The highest BCUT2D eigenvalue weighted by Crippen LogP contribution is 2.40. The molecule has 50 heavy (non-hydrogen) atoms. The summed E-state index contributed by atoms with van der Waals surface area (Å²) in [6, 6.07) is 45.0. The second-order valence-corrected chi connectivity index (χ2v) is 13.7. The Kier molecular flexibility index (Phi) is 8.70. The number of hydrogen-bond donors (Lipinski definition) is 0. The van der Waals surface area contributed by atoms with E-state index in [-0.39, 0.29) is 11.2 Å². The zero-order valence-corrected chi connectivity index (χ0v) is 29.1. The molecule has 1 aliphatic rings. The minimum Gasteiger partial charge on any atom is -0.456 e. The predicted molar refractivity (Wildman–Crippen MR) is 206 cm³/mol. The number of rotatable bonds is 3. The van der Waals surface area contributed by atoms with Gasteiger partial charge in [0.15, 0.2) is 0 Å². The number of alkyl halides is 1. The monoisotopic (exact) mass is 683 g/mol. The van der Waals surface area contributed by atoms with Crippen LogP contribution in [-0.4, -0.2) is 25.5 Å². The Morgan fingerprint density at radius 2 is 0.980 bits per heavy atom. The van der Waals surface area contributed by atoms with Crippen molar-refractivity contribution in [2.45, 2.75) is 38.9 Å². The molecule has 2 aromatic heterocycles. The molecule has 6 aromatic carbocycles. The maximum atomic E-state index is 9.96. The molecule has 0 spiro atoms. The van der Waals surface area contributed by atoms with E-state index in [1.54, 1.807) is 0 Å². The molecule has 9 rings (SSSR count). The summed E-state index contributed by atoms with van der Waals surface area (Å²) in [5.74, 6) is 0. The molecular formula is C43H37BClFO4. The molecule has 3 heterocycles. The summed E-state index contributed by atoms with van der Waals surface area (Å²) < 4.78 is 40.2. The molecule has 0 amide bonds. The van der Waals surface area contributed by atoms with Gasteiger partial charge in [0.1, 0.15) is 22.3 Å². The van der Waals surface area contributed by atoms with Crippen molar-refractivity contribution in [1.82, 2.24) is 0 Å². The number of halogens is 2. The molecule has 1 saturated heterocycles. The summed E-state index contributed by atoms with van der Waals surface area (Å²) in [4.78, 5) is 0. The van der Waals surface area contributed by atoms with E-state index in [2.05, 4.69) is 88.4 Å². The molecule has 0 bridgehead atoms. The van der Waals surface area contributed by atoms with E-state index in [1.807, 2.05) is 72.8 Å². The molecular weight excluding hydrogens is 646 g/mol. The van der Waals surface area contributed by atoms with Gasteiger partial charge >= 0.3 is 7.12 Å². The van der Waals surface area contributed by atoms with Crippen molar-refractivity contribution in [3.05, 3.63) is 138 Å². The zero-order chi connectivity index (χ0) is 35.8. The maximum Gasteiger partial charge on any atom is 0.494 e. The Morgan fingerprint density at radius 1 is 0.560 bits per heavy atom. The second-order valence-electron chi connectivity index (χ2n) is 13.3. The largest absolute Gasteiger partial charge is 0.494 e. The number of benzene rings is 6.